The largest absolute Gasteiger partial charge is 0.392 e. The second kappa shape index (κ2) is 5.91. The number of anilines is 1. The Kier molecular flexibility index (Phi) is 3.73. The topological polar surface area (TPSA) is 75.4 Å². The minimum Gasteiger partial charge on any atom is -0.392 e. The number of nitro groups is 1. The molecule has 0 saturated carbocycles. The maximum atomic E-state index is 11.3. The second-order valence-corrected chi connectivity index (χ2v) is 6.71. The zero-order valence-corrected chi connectivity index (χ0v) is 13.4. The molecule has 2 aromatic rings. The summed E-state index contributed by atoms with van der Waals surface area (Å²) >= 11 is 0. The van der Waals surface area contributed by atoms with Gasteiger partial charge in [-0.2, -0.15) is 0 Å². The number of aliphatic hydroxyl groups is 1. The summed E-state index contributed by atoms with van der Waals surface area (Å²) in [6, 6.07) is 11.3. The van der Waals surface area contributed by atoms with E-state index < -0.39 is 0 Å². The number of benzene rings is 2. The van der Waals surface area contributed by atoms with Crippen molar-refractivity contribution in [2.45, 2.75) is 44.2 Å². The van der Waals surface area contributed by atoms with Crippen molar-refractivity contribution in [1.29, 1.82) is 0 Å². The summed E-state index contributed by atoms with van der Waals surface area (Å²) in [6.45, 7) is -0.124. The molecule has 0 aromatic heterocycles. The van der Waals surface area contributed by atoms with Gasteiger partial charge in [-0.25, -0.2) is 0 Å². The van der Waals surface area contributed by atoms with E-state index in [4.69, 9.17) is 0 Å². The van der Waals surface area contributed by atoms with Crippen LogP contribution < -0.4 is 5.32 Å². The Labute approximate surface area is 140 Å². The average molecular weight is 324 g/mol. The fourth-order valence-electron chi connectivity index (χ4n) is 4.26. The summed E-state index contributed by atoms with van der Waals surface area (Å²) in [5.74, 6) is 0.558. The van der Waals surface area contributed by atoms with Gasteiger partial charge in [-0.05, 0) is 66.0 Å². The maximum absolute atomic E-state index is 11.3. The average Bonchev–Trinajstić information content (AvgIpc) is 2.94. The Morgan fingerprint density at radius 2 is 2.17 bits per heavy atom. The zero-order valence-electron chi connectivity index (χ0n) is 13.4. The molecule has 0 fully saturated rings. The number of rotatable bonds is 4. The monoisotopic (exact) mass is 324 g/mol. The fourth-order valence-corrected chi connectivity index (χ4v) is 4.26. The third-order valence-corrected chi connectivity index (χ3v) is 5.30. The van der Waals surface area contributed by atoms with Crippen molar-refractivity contribution in [2.75, 3.05) is 5.32 Å². The molecule has 2 N–H and O–H groups in total. The minimum absolute atomic E-state index is 0.0585. The van der Waals surface area contributed by atoms with Crippen LogP contribution in [0.3, 0.4) is 0 Å². The van der Waals surface area contributed by atoms with Gasteiger partial charge < -0.3 is 10.4 Å². The van der Waals surface area contributed by atoms with E-state index in [9.17, 15) is 15.2 Å². The number of nitrogens with one attached hydrogen (secondary N) is 1. The Morgan fingerprint density at radius 1 is 1.29 bits per heavy atom. The lowest BCUT2D eigenvalue weighted by molar-refractivity contribution is -0.384. The molecule has 5 heteroatoms. The van der Waals surface area contributed by atoms with Crippen molar-refractivity contribution in [3.05, 3.63) is 68.8 Å². The number of nitrogens with zero attached hydrogens (tertiary/aromatic N) is 1. The summed E-state index contributed by atoms with van der Waals surface area (Å²) in [7, 11) is 0. The molecule has 5 nitrogen and oxygen atoms in total. The van der Waals surface area contributed by atoms with Gasteiger partial charge in [0.2, 0.25) is 0 Å². The molecular formula is C19H20N2O3. The number of nitro benzene ring substituents is 1. The van der Waals surface area contributed by atoms with Gasteiger partial charge in [-0.15, -0.1) is 0 Å². The second-order valence-electron chi connectivity index (χ2n) is 6.71. The van der Waals surface area contributed by atoms with E-state index in [1.807, 2.05) is 0 Å². The third kappa shape index (κ3) is 2.45. The summed E-state index contributed by atoms with van der Waals surface area (Å²) in [4.78, 5) is 11.0. The summed E-state index contributed by atoms with van der Waals surface area (Å²) in [6.07, 6.45) is 4.52. The SMILES string of the molecule is O=[N+]([O-])c1ccc(CO)cc1NC1CC2CCCc3cccc1c32. The molecule has 2 atom stereocenters. The highest BCUT2D eigenvalue weighted by molar-refractivity contribution is 5.64. The van der Waals surface area contributed by atoms with Crippen LogP contribution in [-0.2, 0) is 13.0 Å². The minimum atomic E-state index is -0.370. The molecular weight excluding hydrogens is 304 g/mol. The molecule has 2 aromatic carbocycles. The van der Waals surface area contributed by atoms with E-state index in [0.29, 0.717) is 17.2 Å². The molecule has 0 aliphatic heterocycles. The molecule has 0 bridgehead atoms. The van der Waals surface area contributed by atoms with Crippen LogP contribution in [-0.4, -0.2) is 10.0 Å². The zero-order chi connectivity index (χ0) is 16.7. The highest BCUT2D eigenvalue weighted by Gasteiger charge is 2.35. The lowest BCUT2D eigenvalue weighted by Gasteiger charge is -2.20. The van der Waals surface area contributed by atoms with Gasteiger partial charge in [0.1, 0.15) is 5.69 Å². The van der Waals surface area contributed by atoms with Gasteiger partial charge in [0.15, 0.2) is 0 Å². The van der Waals surface area contributed by atoms with E-state index >= 15 is 0 Å². The van der Waals surface area contributed by atoms with Gasteiger partial charge in [0.05, 0.1) is 17.6 Å². The van der Waals surface area contributed by atoms with Crippen LogP contribution in [0, 0.1) is 10.1 Å². The van der Waals surface area contributed by atoms with Crippen LogP contribution in [0.2, 0.25) is 0 Å². The van der Waals surface area contributed by atoms with Crippen molar-refractivity contribution in [1.82, 2.24) is 0 Å². The van der Waals surface area contributed by atoms with E-state index in [1.54, 1.807) is 12.1 Å². The van der Waals surface area contributed by atoms with Crippen LogP contribution in [0.5, 0.6) is 0 Å². The number of aliphatic hydroxyl groups excluding tert-OH is 1. The predicted octanol–water partition coefficient (Wildman–Crippen LogP) is 4.06. The Morgan fingerprint density at radius 3 is 2.96 bits per heavy atom. The lowest BCUT2D eigenvalue weighted by atomic mass is 9.84. The molecule has 0 saturated heterocycles. The Balaban J connectivity index is 1.71. The van der Waals surface area contributed by atoms with E-state index in [-0.39, 0.29) is 23.3 Å². The van der Waals surface area contributed by atoms with Gasteiger partial charge >= 0.3 is 0 Å². The van der Waals surface area contributed by atoms with Crippen molar-refractivity contribution in [2.24, 2.45) is 0 Å². The quantitative estimate of drug-likeness (QED) is 0.657. The molecule has 0 spiro atoms. The van der Waals surface area contributed by atoms with Gasteiger partial charge in [0, 0.05) is 6.07 Å². The van der Waals surface area contributed by atoms with Gasteiger partial charge in [-0.1, -0.05) is 18.2 Å². The van der Waals surface area contributed by atoms with Crippen molar-refractivity contribution >= 4 is 11.4 Å². The predicted molar refractivity (Wildman–Crippen MR) is 92.1 cm³/mol. The molecule has 4 rings (SSSR count). The smallest absolute Gasteiger partial charge is 0.292 e. The van der Waals surface area contributed by atoms with Crippen LogP contribution in [0.15, 0.2) is 36.4 Å². The van der Waals surface area contributed by atoms with Crippen molar-refractivity contribution < 1.29 is 10.0 Å². The molecule has 124 valence electrons. The first-order chi connectivity index (χ1) is 11.7. The molecule has 0 heterocycles. The standard InChI is InChI=1S/C19H20N2O3/c22-11-12-7-8-18(21(23)24)17(9-12)20-16-10-14-5-1-3-13-4-2-6-15(16)19(13)14/h2,4,6-9,14,16,20,22H,1,3,5,10-11H2. The lowest BCUT2D eigenvalue weighted by Crippen LogP contribution is -2.09. The Hall–Kier alpha value is -2.40. The highest BCUT2D eigenvalue weighted by Crippen LogP contribution is 2.49. The Bertz CT molecular complexity index is 803. The molecule has 2 aliphatic rings. The summed E-state index contributed by atoms with van der Waals surface area (Å²) in [5.41, 5.74) is 5.40. The van der Waals surface area contributed by atoms with Crippen molar-refractivity contribution in [3.63, 3.8) is 0 Å². The van der Waals surface area contributed by atoms with Gasteiger partial charge in [-0.3, -0.25) is 10.1 Å². The van der Waals surface area contributed by atoms with Crippen LogP contribution >= 0.6 is 0 Å². The summed E-state index contributed by atoms with van der Waals surface area (Å²) in [5, 5.41) is 24.1. The first-order valence-corrected chi connectivity index (χ1v) is 8.43. The number of aryl methyl sites for hydroxylation is 1. The van der Waals surface area contributed by atoms with E-state index in [0.717, 1.165) is 12.8 Å². The number of hydrogen-bond acceptors (Lipinski definition) is 4. The summed E-state index contributed by atoms with van der Waals surface area (Å²) < 4.78 is 0. The maximum Gasteiger partial charge on any atom is 0.292 e. The van der Waals surface area contributed by atoms with E-state index in [2.05, 4.69) is 23.5 Å². The molecule has 2 unspecified atom stereocenters. The van der Waals surface area contributed by atoms with Crippen LogP contribution in [0.4, 0.5) is 11.4 Å². The van der Waals surface area contributed by atoms with E-state index in [1.165, 1.54) is 35.6 Å². The molecule has 2 aliphatic carbocycles. The van der Waals surface area contributed by atoms with Crippen molar-refractivity contribution in [3.8, 4) is 0 Å². The number of hydrogen-bond donors (Lipinski definition) is 2. The third-order valence-electron chi connectivity index (χ3n) is 5.30. The molecule has 0 amide bonds. The normalized spacial score (nSPS) is 21.4. The first kappa shape index (κ1) is 15.1. The molecule has 0 radical (unpaired) electrons. The highest BCUT2D eigenvalue weighted by atomic mass is 16.6. The van der Waals surface area contributed by atoms with Crippen LogP contribution in [0.25, 0.3) is 0 Å². The van der Waals surface area contributed by atoms with Gasteiger partial charge in [0.25, 0.3) is 5.69 Å². The van der Waals surface area contributed by atoms with Crippen LogP contribution in [0.1, 0.15) is 53.5 Å². The fraction of sp³-hybridized carbons (Fsp3) is 0.368. The molecule has 24 heavy (non-hydrogen) atoms. The first-order valence-electron chi connectivity index (χ1n) is 8.43.